The zero-order chi connectivity index (χ0) is 9.92. The second-order valence-electron chi connectivity index (χ2n) is 6.57. The molecule has 5 atom stereocenters. The molecule has 80 valence electrons. The van der Waals surface area contributed by atoms with E-state index in [2.05, 4.69) is 20.8 Å². The Morgan fingerprint density at radius 2 is 2.00 bits per heavy atom. The number of hydrogen-bond acceptors (Lipinski definition) is 0. The highest BCUT2D eigenvalue weighted by Gasteiger charge is 2.75. The average molecular weight is 192 g/mol. The molecule has 3 saturated carbocycles. The fraction of sp³-hybridized carbons (Fsp3) is 1.00. The van der Waals surface area contributed by atoms with Crippen molar-refractivity contribution in [3.63, 3.8) is 0 Å². The van der Waals surface area contributed by atoms with Crippen molar-refractivity contribution in [2.24, 2.45) is 35.0 Å². The van der Waals surface area contributed by atoms with Crippen molar-refractivity contribution in [3.05, 3.63) is 0 Å². The van der Waals surface area contributed by atoms with Gasteiger partial charge in [0.25, 0.3) is 0 Å². The van der Waals surface area contributed by atoms with Crippen LogP contribution >= 0.6 is 0 Å². The largest absolute Gasteiger partial charge is 0.0654 e. The molecule has 0 bridgehead atoms. The molecule has 1 spiro atoms. The van der Waals surface area contributed by atoms with Gasteiger partial charge in [0.1, 0.15) is 0 Å². The summed E-state index contributed by atoms with van der Waals surface area (Å²) in [7, 11) is 0. The molecule has 0 aliphatic heterocycles. The minimum atomic E-state index is 0.925. The molecule has 0 nitrogen and oxygen atoms in total. The smallest absolute Gasteiger partial charge is 0.0229 e. The van der Waals surface area contributed by atoms with Gasteiger partial charge in [-0.05, 0) is 54.3 Å². The van der Waals surface area contributed by atoms with Gasteiger partial charge < -0.3 is 0 Å². The van der Waals surface area contributed by atoms with E-state index >= 15 is 0 Å². The molecule has 0 aromatic heterocycles. The Balaban J connectivity index is 1.69. The summed E-state index contributed by atoms with van der Waals surface area (Å²) in [5, 5.41) is 0. The third-order valence-electron chi connectivity index (χ3n) is 5.57. The average Bonchev–Trinajstić information content (AvgIpc) is 2.55. The van der Waals surface area contributed by atoms with Crippen LogP contribution in [0.25, 0.3) is 0 Å². The Kier molecular flexibility index (Phi) is 1.83. The second-order valence-corrected chi connectivity index (χ2v) is 6.57. The third kappa shape index (κ3) is 0.955. The first kappa shape index (κ1) is 9.24. The summed E-state index contributed by atoms with van der Waals surface area (Å²) in [6.07, 6.45) is 7.73. The fourth-order valence-corrected chi connectivity index (χ4v) is 5.16. The van der Waals surface area contributed by atoms with Crippen molar-refractivity contribution >= 4 is 0 Å². The predicted octanol–water partition coefficient (Wildman–Crippen LogP) is 4.10. The highest BCUT2D eigenvalue weighted by molar-refractivity contribution is 5.23. The van der Waals surface area contributed by atoms with Gasteiger partial charge >= 0.3 is 0 Å². The van der Waals surface area contributed by atoms with Gasteiger partial charge in [-0.3, -0.25) is 0 Å². The van der Waals surface area contributed by atoms with Crippen LogP contribution in [0.4, 0.5) is 0 Å². The minimum Gasteiger partial charge on any atom is -0.0654 e. The molecule has 14 heavy (non-hydrogen) atoms. The van der Waals surface area contributed by atoms with E-state index in [1.165, 1.54) is 18.8 Å². The molecule has 0 amide bonds. The van der Waals surface area contributed by atoms with Gasteiger partial charge in [-0.2, -0.15) is 0 Å². The normalized spacial score (nSPS) is 54.0. The van der Waals surface area contributed by atoms with Crippen LogP contribution < -0.4 is 0 Å². The lowest BCUT2D eigenvalue weighted by Crippen LogP contribution is -2.37. The van der Waals surface area contributed by atoms with E-state index in [0.29, 0.717) is 0 Å². The zero-order valence-corrected chi connectivity index (χ0v) is 9.92. The lowest BCUT2D eigenvalue weighted by Gasteiger charge is -2.42. The molecule has 0 heterocycles. The highest BCUT2D eigenvalue weighted by atomic mass is 14.8. The van der Waals surface area contributed by atoms with E-state index in [1.54, 1.807) is 19.3 Å². The molecule has 0 aromatic rings. The van der Waals surface area contributed by atoms with E-state index < -0.39 is 0 Å². The van der Waals surface area contributed by atoms with Crippen LogP contribution in [0.2, 0.25) is 0 Å². The predicted molar refractivity (Wildman–Crippen MR) is 60.0 cm³/mol. The number of rotatable bonds is 3. The SMILES string of the molecule is CCCC1CC2C(C(C)C)C3CC23C1. The molecule has 0 saturated heterocycles. The Morgan fingerprint density at radius 1 is 1.21 bits per heavy atom. The van der Waals surface area contributed by atoms with E-state index in [-0.39, 0.29) is 0 Å². The molecule has 3 rings (SSSR count). The first-order valence-electron chi connectivity index (χ1n) is 6.69. The molecular weight excluding hydrogens is 168 g/mol. The molecule has 5 unspecified atom stereocenters. The lowest BCUT2D eigenvalue weighted by atomic mass is 9.62. The first-order valence-corrected chi connectivity index (χ1v) is 6.69. The minimum absolute atomic E-state index is 0.925. The van der Waals surface area contributed by atoms with Crippen LogP contribution in [0.15, 0.2) is 0 Å². The Hall–Kier alpha value is 0. The summed E-state index contributed by atoms with van der Waals surface area (Å²) in [4.78, 5) is 0. The second kappa shape index (κ2) is 2.77. The van der Waals surface area contributed by atoms with Gasteiger partial charge in [-0.1, -0.05) is 33.6 Å². The maximum atomic E-state index is 2.44. The van der Waals surface area contributed by atoms with Gasteiger partial charge in [0, 0.05) is 0 Å². The van der Waals surface area contributed by atoms with Gasteiger partial charge in [0.2, 0.25) is 0 Å². The highest BCUT2D eigenvalue weighted by Crippen LogP contribution is 2.82. The van der Waals surface area contributed by atoms with Crippen LogP contribution in [0.5, 0.6) is 0 Å². The fourth-order valence-electron chi connectivity index (χ4n) is 5.16. The van der Waals surface area contributed by atoms with Crippen molar-refractivity contribution in [2.45, 2.75) is 52.9 Å². The summed E-state index contributed by atoms with van der Waals surface area (Å²) in [6.45, 7) is 7.24. The Labute approximate surface area is 88.5 Å². The van der Waals surface area contributed by atoms with Crippen LogP contribution in [0.3, 0.4) is 0 Å². The first-order chi connectivity index (χ1) is 6.69. The van der Waals surface area contributed by atoms with Crippen LogP contribution in [-0.4, -0.2) is 0 Å². The molecular formula is C14H24. The molecule has 0 aromatic carbocycles. The van der Waals surface area contributed by atoms with E-state index in [0.717, 1.165) is 29.1 Å². The van der Waals surface area contributed by atoms with Crippen LogP contribution in [-0.2, 0) is 0 Å². The monoisotopic (exact) mass is 192 g/mol. The molecule has 0 heteroatoms. The maximum absolute atomic E-state index is 2.44. The lowest BCUT2D eigenvalue weighted by molar-refractivity contribution is 0.0506. The van der Waals surface area contributed by atoms with Crippen LogP contribution in [0, 0.1) is 35.0 Å². The van der Waals surface area contributed by atoms with Crippen molar-refractivity contribution in [3.8, 4) is 0 Å². The summed E-state index contributed by atoms with van der Waals surface area (Å²) in [5.41, 5.74) is 0.925. The Morgan fingerprint density at radius 3 is 2.64 bits per heavy atom. The topological polar surface area (TPSA) is 0 Å². The van der Waals surface area contributed by atoms with Crippen molar-refractivity contribution in [1.29, 1.82) is 0 Å². The molecule has 3 aliphatic carbocycles. The quantitative estimate of drug-likeness (QED) is 0.631. The van der Waals surface area contributed by atoms with E-state index in [9.17, 15) is 0 Å². The van der Waals surface area contributed by atoms with Crippen molar-refractivity contribution < 1.29 is 0 Å². The standard InChI is InChI=1S/C14H24/c1-4-5-10-6-11-13(9(2)3)12-8-14(11,12)7-10/h9-13H,4-8H2,1-3H3. The molecule has 0 N–H and O–H groups in total. The number of hydrogen-bond donors (Lipinski definition) is 0. The van der Waals surface area contributed by atoms with Crippen LogP contribution in [0.1, 0.15) is 52.9 Å². The molecule has 3 fully saturated rings. The van der Waals surface area contributed by atoms with Crippen molar-refractivity contribution in [1.82, 2.24) is 0 Å². The van der Waals surface area contributed by atoms with E-state index in [1.807, 2.05) is 0 Å². The molecule has 0 radical (unpaired) electrons. The van der Waals surface area contributed by atoms with E-state index in [4.69, 9.17) is 0 Å². The Bertz CT molecular complexity index is 242. The van der Waals surface area contributed by atoms with Gasteiger partial charge in [0.05, 0.1) is 0 Å². The zero-order valence-electron chi connectivity index (χ0n) is 9.92. The summed E-state index contributed by atoms with van der Waals surface area (Å²) < 4.78 is 0. The third-order valence-corrected chi connectivity index (χ3v) is 5.57. The van der Waals surface area contributed by atoms with Gasteiger partial charge in [-0.25, -0.2) is 0 Å². The maximum Gasteiger partial charge on any atom is -0.0229 e. The molecule has 3 aliphatic rings. The summed E-state index contributed by atoms with van der Waals surface area (Å²) in [5.74, 6) is 5.52. The van der Waals surface area contributed by atoms with Gasteiger partial charge in [0.15, 0.2) is 0 Å². The van der Waals surface area contributed by atoms with Crippen molar-refractivity contribution in [2.75, 3.05) is 0 Å². The summed E-state index contributed by atoms with van der Waals surface area (Å²) >= 11 is 0. The van der Waals surface area contributed by atoms with Gasteiger partial charge in [-0.15, -0.1) is 0 Å². The summed E-state index contributed by atoms with van der Waals surface area (Å²) in [6, 6.07) is 0.